The molecule has 0 atom stereocenters. The van der Waals surface area contributed by atoms with E-state index in [-0.39, 0.29) is 50.6 Å². The number of ether oxygens (including phenoxy) is 5. The average Bonchev–Trinajstić information content (AvgIpc) is 3.24. The van der Waals surface area contributed by atoms with Gasteiger partial charge in [0.05, 0.1) is 37.6 Å². The molecule has 0 amide bonds. The van der Waals surface area contributed by atoms with Crippen molar-refractivity contribution in [3.8, 4) is 28.8 Å². The zero-order valence-corrected chi connectivity index (χ0v) is 20.4. The number of aromatic nitrogens is 4. The molecule has 0 radical (unpaired) electrons. The van der Waals surface area contributed by atoms with E-state index in [1.165, 1.54) is 45.9 Å². The molecule has 4 rings (SSSR count). The monoisotopic (exact) mass is 536 g/mol. The SMILES string of the molecule is COC(=O)COc1cc(Cl)c(-n2c(=O)[nH]c3c(OC)ncnc32)cc1OCc1c(OC)ccc(F)c1F. The molecule has 4 aromatic rings. The maximum Gasteiger partial charge on any atom is 0.343 e. The van der Waals surface area contributed by atoms with Crippen molar-refractivity contribution in [3.63, 3.8) is 0 Å². The fraction of sp³-hybridized carbons (Fsp3) is 0.217. The summed E-state index contributed by atoms with van der Waals surface area (Å²) in [5.41, 5.74) is -0.370. The zero-order valence-electron chi connectivity index (χ0n) is 19.6. The summed E-state index contributed by atoms with van der Waals surface area (Å²) in [4.78, 5) is 35.1. The molecule has 194 valence electrons. The first-order valence-corrected chi connectivity index (χ1v) is 10.8. The van der Waals surface area contributed by atoms with Crippen molar-refractivity contribution in [2.75, 3.05) is 27.9 Å². The summed E-state index contributed by atoms with van der Waals surface area (Å²) in [6.07, 6.45) is 1.20. The van der Waals surface area contributed by atoms with Gasteiger partial charge in [0.25, 0.3) is 0 Å². The number of aromatic amines is 1. The molecule has 0 aliphatic rings. The van der Waals surface area contributed by atoms with Crippen LogP contribution in [-0.2, 0) is 16.1 Å². The van der Waals surface area contributed by atoms with Crippen LogP contribution in [0.2, 0.25) is 5.02 Å². The number of nitrogens with one attached hydrogen (secondary N) is 1. The minimum absolute atomic E-state index is 0.0160. The minimum Gasteiger partial charge on any atom is -0.496 e. The van der Waals surface area contributed by atoms with E-state index in [1.807, 2.05) is 0 Å². The number of methoxy groups -OCH3 is 3. The van der Waals surface area contributed by atoms with Gasteiger partial charge in [-0.25, -0.2) is 27.9 Å². The fourth-order valence-electron chi connectivity index (χ4n) is 3.44. The van der Waals surface area contributed by atoms with Crippen LogP contribution in [0.15, 0.2) is 35.4 Å². The Morgan fingerprint density at radius 1 is 1.05 bits per heavy atom. The van der Waals surface area contributed by atoms with Gasteiger partial charge in [-0.2, -0.15) is 4.98 Å². The molecule has 0 saturated heterocycles. The maximum atomic E-state index is 14.5. The van der Waals surface area contributed by atoms with Gasteiger partial charge in [0.1, 0.15) is 24.2 Å². The minimum atomic E-state index is -1.16. The van der Waals surface area contributed by atoms with Crippen LogP contribution in [0.25, 0.3) is 16.9 Å². The second-order valence-electron chi connectivity index (χ2n) is 7.29. The van der Waals surface area contributed by atoms with Gasteiger partial charge in [-0.05, 0) is 12.1 Å². The first-order valence-electron chi connectivity index (χ1n) is 10.5. The number of benzene rings is 2. The van der Waals surface area contributed by atoms with Crippen LogP contribution >= 0.6 is 11.6 Å². The second kappa shape index (κ2) is 10.7. The van der Waals surface area contributed by atoms with Gasteiger partial charge in [-0.3, -0.25) is 4.98 Å². The molecular weight excluding hydrogens is 518 g/mol. The van der Waals surface area contributed by atoms with Gasteiger partial charge in [-0.15, -0.1) is 0 Å². The number of hydrogen-bond acceptors (Lipinski definition) is 9. The Kier molecular flexibility index (Phi) is 7.43. The number of rotatable bonds is 9. The Labute approximate surface area is 212 Å². The van der Waals surface area contributed by atoms with Gasteiger partial charge >= 0.3 is 11.7 Å². The highest BCUT2D eigenvalue weighted by Crippen LogP contribution is 2.37. The number of H-pyrrole nitrogens is 1. The Balaban J connectivity index is 1.82. The van der Waals surface area contributed by atoms with Crippen molar-refractivity contribution < 1.29 is 37.3 Å². The number of halogens is 3. The molecule has 11 nitrogen and oxygen atoms in total. The van der Waals surface area contributed by atoms with Gasteiger partial charge < -0.3 is 23.7 Å². The summed E-state index contributed by atoms with van der Waals surface area (Å²) in [5.74, 6) is -2.88. The Morgan fingerprint density at radius 2 is 1.81 bits per heavy atom. The van der Waals surface area contributed by atoms with E-state index in [0.29, 0.717) is 0 Å². The third kappa shape index (κ3) is 4.98. The molecule has 2 aromatic carbocycles. The number of carbonyl (C=O) groups is 1. The third-order valence-electron chi connectivity index (χ3n) is 5.20. The van der Waals surface area contributed by atoms with E-state index in [9.17, 15) is 18.4 Å². The van der Waals surface area contributed by atoms with E-state index >= 15 is 0 Å². The standard InChI is InChI=1S/C23H19ClF2N4O7/c1-33-15-5-4-13(25)19(26)11(15)8-36-17-7-14(12(24)6-16(17)37-9-18(31)34-2)30-21-20(29-23(30)32)22(35-3)28-10-27-21/h4-7,10H,8-9H2,1-3H3,(H,29,32). The van der Waals surface area contributed by atoms with Crippen molar-refractivity contribution in [1.29, 1.82) is 0 Å². The molecule has 0 spiro atoms. The van der Waals surface area contributed by atoms with Crippen molar-refractivity contribution in [1.82, 2.24) is 19.5 Å². The van der Waals surface area contributed by atoms with Crippen LogP contribution in [0, 0.1) is 11.6 Å². The van der Waals surface area contributed by atoms with E-state index in [0.717, 1.165) is 10.6 Å². The lowest BCUT2D eigenvalue weighted by molar-refractivity contribution is -0.142. The highest BCUT2D eigenvalue weighted by molar-refractivity contribution is 6.32. The topological polar surface area (TPSA) is 127 Å². The Bertz CT molecular complexity index is 1540. The predicted molar refractivity (Wildman–Crippen MR) is 126 cm³/mol. The number of imidazole rings is 1. The number of esters is 1. The van der Waals surface area contributed by atoms with Crippen LogP contribution < -0.4 is 24.6 Å². The molecule has 14 heteroatoms. The van der Waals surface area contributed by atoms with E-state index in [4.69, 9.17) is 30.5 Å². The van der Waals surface area contributed by atoms with Crippen LogP contribution in [0.1, 0.15) is 5.56 Å². The van der Waals surface area contributed by atoms with Crippen molar-refractivity contribution in [2.45, 2.75) is 6.61 Å². The Hall–Kier alpha value is -4.39. The van der Waals surface area contributed by atoms with Gasteiger partial charge in [0.15, 0.2) is 35.4 Å². The molecule has 2 heterocycles. The van der Waals surface area contributed by atoms with Crippen molar-refractivity contribution in [2.24, 2.45) is 0 Å². The van der Waals surface area contributed by atoms with Crippen LogP contribution in [-0.4, -0.2) is 53.4 Å². The van der Waals surface area contributed by atoms with Crippen molar-refractivity contribution >= 4 is 28.7 Å². The van der Waals surface area contributed by atoms with Gasteiger partial charge in [0.2, 0.25) is 5.88 Å². The molecule has 0 aliphatic heterocycles. The van der Waals surface area contributed by atoms with Gasteiger partial charge in [0, 0.05) is 12.1 Å². The van der Waals surface area contributed by atoms with Crippen LogP contribution in [0.4, 0.5) is 8.78 Å². The molecule has 0 bridgehead atoms. The largest absolute Gasteiger partial charge is 0.496 e. The van der Waals surface area contributed by atoms with E-state index < -0.39 is 36.5 Å². The molecule has 0 fully saturated rings. The summed E-state index contributed by atoms with van der Waals surface area (Å²) in [5, 5.41) is 0.0160. The normalized spacial score (nSPS) is 10.9. The maximum absolute atomic E-state index is 14.5. The summed E-state index contributed by atoms with van der Waals surface area (Å²) in [7, 11) is 3.85. The Morgan fingerprint density at radius 3 is 2.51 bits per heavy atom. The molecule has 37 heavy (non-hydrogen) atoms. The zero-order chi connectivity index (χ0) is 26.7. The molecule has 0 aliphatic carbocycles. The predicted octanol–water partition coefficient (Wildman–Crippen LogP) is 3.19. The molecule has 0 unspecified atom stereocenters. The first-order chi connectivity index (χ1) is 17.8. The third-order valence-corrected chi connectivity index (χ3v) is 5.51. The van der Waals surface area contributed by atoms with Crippen LogP contribution in [0.3, 0.4) is 0 Å². The highest BCUT2D eigenvalue weighted by Gasteiger charge is 2.22. The summed E-state index contributed by atoms with van der Waals surface area (Å²) in [6, 6.07) is 4.78. The summed E-state index contributed by atoms with van der Waals surface area (Å²) in [6.45, 7) is -1.00. The lowest BCUT2D eigenvalue weighted by atomic mass is 10.2. The molecule has 1 N–H and O–H groups in total. The van der Waals surface area contributed by atoms with E-state index in [2.05, 4.69) is 19.7 Å². The molecule has 2 aromatic heterocycles. The number of carbonyl (C=O) groups excluding carboxylic acids is 1. The second-order valence-corrected chi connectivity index (χ2v) is 7.70. The summed E-state index contributed by atoms with van der Waals surface area (Å²) < 4.78 is 55.6. The van der Waals surface area contributed by atoms with Crippen molar-refractivity contribution in [3.05, 3.63) is 63.3 Å². The number of nitrogens with zero attached hydrogens (tertiary/aromatic N) is 3. The number of hydrogen-bond donors (Lipinski definition) is 1. The fourth-order valence-corrected chi connectivity index (χ4v) is 3.68. The van der Waals surface area contributed by atoms with Gasteiger partial charge in [-0.1, -0.05) is 11.6 Å². The average molecular weight is 537 g/mol. The number of fused-ring (bicyclic) bond motifs is 1. The highest BCUT2D eigenvalue weighted by atomic mass is 35.5. The molecular formula is C23H19ClF2N4O7. The van der Waals surface area contributed by atoms with Crippen LogP contribution in [0.5, 0.6) is 23.1 Å². The van der Waals surface area contributed by atoms with E-state index in [1.54, 1.807) is 0 Å². The molecule has 0 saturated carbocycles. The summed E-state index contributed by atoms with van der Waals surface area (Å²) >= 11 is 6.47. The lowest BCUT2D eigenvalue weighted by Crippen LogP contribution is -2.16. The lowest BCUT2D eigenvalue weighted by Gasteiger charge is -2.17. The smallest absolute Gasteiger partial charge is 0.343 e. The first kappa shape index (κ1) is 25.7. The quantitative estimate of drug-likeness (QED) is 0.321.